The average molecular weight is 276 g/mol. The molecule has 1 aromatic carbocycles. The van der Waals surface area contributed by atoms with Crippen LogP contribution in [0.15, 0.2) is 48.9 Å². The summed E-state index contributed by atoms with van der Waals surface area (Å²) in [6.45, 7) is 0. The van der Waals surface area contributed by atoms with Gasteiger partial charge >= 0.3 is 0 Å². The molecule has 104 valence electrons. The van der Waals surface area contributed by atoms with E-state index in [0.717, 1.165) is 29.7 Å². The van der Waals surface area contributed by atoms with Crippen LogP contribution in [0.1, 0.15) is 30.0 Å². The van der Waals surface area contributed by atoms with Crippen LogP contribution in [0.5, 0.6) is 0 Å². The molecule has 0 unspecified atom stereocenters. The minimum Gasteiger partial charge on any atom is -0.361 e. The van der Waals surface area contributed by atoms with Crippen LogP contribution in [0.3, 0.4) is 0 Å². The first-order valence-electron chi connectivity index (χ1n) is 7.32. The first-order valence-corrected chi connectivity index (χ1v) is 7.32. The van der Waals surface area contributed by atoms with Gasteiger partial charge in [-0.15, -0.1) is 0 Å². The summed E-state index contributed by atoms with van der Waals surface area (Å²) in [5.74, 6) is 0.822. The van der Waals surface area contributed by atoms with Gasteiger partial charge in [0, 0.05) is 6.20 Å². The molecule has 4 nitrogen and oxygen atoms in total. The molecule has 2 aromatic heterocycles. The molecule has 21 heavy (non-hydrogen) atoms. The quantitative estimate of drug-likeness (QED) is 0.778. The fourth-order valence-corrected chi connectivity index (χ4v) is 3.07. The van der Waals surface area contributed by atoms with E-state index in [1.807, 2.05) is 12.1 Å². The summed E-state index contributed by atoms with van der Waals surface area (Å²) in [6.07, 6.45) is 6.87. The van der Waals surface area contributed by atoms with E-state index >= 15 is 0 Å². The summed E-state index contributed by atoms with van der Waals surface area (Å²) >= 11 is 0. The monoisotopic (exact) mass is 276 g/mol. The number of rotatable bonds is 2. The smallest absolute Gasteiger partial charge is 0.156 e. The van der Waals surface area contributed by atoms with Gasteiger partial charge in [0.2, 0.25) is 0 Å². The summed E-state index contributed by atoms with van der Waals surface area (Å²) in [5.41, 5.74) is 4.53. The standard InChI is InChI=1S/C17H16N4/c1-2-7-13-12(5-1)6-3-8-14(13)21-17-16-15(19-11-20-17)9-4-10-18-16/h1-2,4-5,7,9-11,14H,3,6,8H2,(H,19,20,21)/t14-/m1/s1. The van der Waals surface area contributed by atoms with Crippen LogP contribution in [0.4, 0.5) is 5.82 Å². The highest BCUT2D eigenvalue weighted by molar-refractivity contribution is 5.84. The normalized spacial score (nSPS) is 17.4. The first-order chi connectivity index (χ1) is 10.4. The fraction of sp³-hybridized carbons (Fsp3) is 0.235. The number of hydrogen-bond donors (Lipinski definition) is 1. The van der Waals surface area contributed by atoms with Crippen LogP contribution in [0, 0.1) is 0 Å². The Morgan fingerprint density at radius 3 is 2.95 bits per heavy atom. The lowest BCUT2D eigenvalue weighted by molar-refractivity contribution is 0.599. The number of pyridine rings is 1. The number of benzene rings is 1. The number of nitrogens with one attached hydrogen (secondary N) is 1. The Morgan fingerprint density at radius 1 is 1.00 bits per heavy atom. The predicted octanol–water partition coefficient (Wildman–Crippen LogP) is 3.51. The molecular weight excluding hydrogens is 260 g/mol. The van der Waals surface area contributed by atoms with Gasteiger partial charge in [-0.1, -0.05) is 24.3 Å². The summed E-state index contributed by atoms with van der Waals surface area (Å²) in [6, 6.07) is 12.8. The Balaban J connectivity index is 1.73. The highest BCUT2D eigenvalue weighted by Gasteiger charge is 2.20. The lowest BCUT2D eigenvalue weighted by atomic mass is 9.88. The molecule has 0 saturated carbocycles. The minimum atomic E-state index is 0.301. The third-order valence-corrected chi connectivity index (χ3v) is 4.07. The second-order valence-electron chi connectivity index (χ2n) is 5.38. The summed E-state index contributed by atoms with van der Waals surface area (Å²) in [5, 5.41) is 3.57. The molecule has 0 spiro atoms. The van der Waals surface area contributed by atoms with E-state index in [1.165, 1.54) is 17.5 Å². The van der Waals surface area contributed by atoms with Crippen molar-refractivity contribution in [3.05, 3.63) is 60.0 Å². The Kier molecular flexibility index (Phi) is 2.99. The van der Waals surface area contributed by atoms with E-state index in [4.69, 9.17) is 0 Å². The molecule has 1 aliphatic rings. The van der Waals surface area contributed by atoms with Crippen molar-refractivity contribution in [2.24, 2.45) is 0 Å². The van der Waals surface area contributed by atoms with Gasteiger partial charge in [0.25, 0.3) is 0 Å². The lowest BCUT2D eigenvalue weighted by Crippen LogP contribution is -2.18. The molecule has 0 radical (unpaired) electrons. The summed E-state index contributed by atoms with van der Waals surface area (Å²) in [4.78, 5) is 13.1. The van der Waals surface area contributed by atoms with Crippen LogP contribution >= 0.6 is 0 Å². The second kappa shape index (κ2) is 5.13. The molecule has 0 bridgehead atoms. The Labute approximate surface area is 123 Å². The number of aromatic nitrogens is 3. The molecule has 0 aliphatic heterocycles. The lowest BCUT2D eigenvalue weighted by Gasteiger charge is -2.26. The molecular formula is C17H16N4. The first kappa shape index (κ1) is 12.3. The third-order valence-electron chi connectivity index (χ3n) is 4.07. The van der Waals surface area contributed by atoms with E-state index in [0.29, 0.717) is 6.04 Å². The number of hydrogen-bond acceptors (Lipinski definition) is 4. The largest absolute Gasteiger partial charge is 0.361 e. The van der Waals surface area contributed by atoms with Gasteiger partial charge < -0.3 is 5.32 Å². The van der Waals surface area contributed by atoms with E-state index in [1.54, 1.807) is 12.5 Å². The molecule has 0 amide bonds. The molecule has 3 aromatic rings. The zero-order valence-electron chi connectivity index (χ0n) is 11.7. The van der Waals surface area contributed by atoms with Crippen molar-refractivity contribution >= 4 is 16.9 Å². The molecule has 4 heteroatoms. The van der Waals surface area contributed by atoms with E-state index in [9.17, 15) is 0 Å². The fourth-order valence-electron chi connectivity index (χ4n) is 3.07. The van der Waals surface area contributed by atoms with Crippen LogP contribution in [0.25, 0.3) is 11.0 Å². The third kappa shape index (κ3) is 2.23. The van der Waals surface area contributed by atoms with Crippen molar-refractivity contribution in [1.82, 2.24) is 15.0 Å². The van der Waals surface area contributed by atoms with Crippen molar-refractivity contribution in [2.45, 2.75) is 25.3 Å². The van der Waals surface area contributed by atoms with Gasteiger partial charge in [-0.2, -0.15) is 0 Å². The van der Waals surface area contributed by atoms with Gasteiger partial charge in [0.05, 0.1) is 11.6 Å². The molecule has 1 N–H and O–H groups in total. The molecule has 0 fully saturated rings. The highest BCUT2D eigenvalue weighted by Crippen LogP contribution is 2.32. The second-order valence-corrected chi connectivity index (χ2v) is 5.38. The molecule has 2 heterocycles. The molecule has 1 atom stereocenters. The maximum Gasteiger partial charge on any atom is 0.156 e. The SMILES string of the molecule is c1ccc2c(c1)CCC[C@H]2Nc1ncnc2cccnc12. The van der Waals surface area contributed by atoms with Crippen molar-refractivity contribution < 1.29 is 0 Å². The van der Waals surface area contributed by atoms with Crippen molar-refractivity contribution in [3.8, 4) is 0 Å². The Hall–Kier alpha value is -2.49. The summed E-state index contributed by atoms with van der Waals surface area (Å²) in [7, 11) is 0. The van der Waals surface area contributed by atoms with Gasteiger partial charge in [0.15, 0.2) is 5.82 Å². The number of fused-ring (bicyclic) bond motifs is 2. The van der Waals surface area contributed by atoms with Gasteiger partial charge in [-0.25, -0.2) is 9.97 Å². The van der Waals surface area contributed by atoms with Crippen LogP contribution < -0.4 is 5.32 Å². The minimum absolute atomic E-state index is 0.301. The van der Waals surface area contributed by atoms with Gasteiger partial charge in [-0.3, -0.25) is 4.98 Å². The number of aryl methyl sites for hydroxylation is 1. The maximum atomic E-state index is 4.42. The molecule has 1 aliphatic carbocycles. The zero-order valence-corrected chi connectivity index (χ0v) is 11.7. The molecule has 0 saturated heterocycles. The van der Waals surface area contributed by atoms with Gasteiger partial charge in [-0.05, 0) is 42.5 Å². The van der Waals surface area contributed by atoms with Crippen LogP contribution in [-0.4, -0.2) is 15.0 Å². The number of nitrogens with zero attached hydrogens (tertiary/aromatic N) is 3. The Morgan fingerprint density at radius 2 is 1.95 bits per heavy atom. The van der Waals surface area contributed by atoms with Crippen LogP contribution in [-0.2, 0) is 6.42 Å². The Bertz CT molecular complexity index is 779. The number of anilines is 1. The van der Waals surface area contributed by atoms with Crippen LogP contribution in [0.2, 0.25) is 0 Å². The predicted molar refractivity (Wildman–Crippen MR) is 83.1 cm³/mol. The van der Waals surface area contributed by atoms with Gasteiger partial charge in [0.1, 0.15) is 11.8 Å². The maximum absolute atomic E-state index is 4.42. The van der Waals surface area contributed by atoms with E-state index in [2.05, 4.69) is 44.5 Å². The topological polar surface area (TPSA) is 50.7 Å². The van der Waals surface area contributed by atoms with Crippen molar-refractivity contribution in [1.29, 1.82) is 0 Å². The zero-order chi connectivity index (χ0) is 14.1. The van der Waals surface area contributed by atoms with E-state index < -0.39 is 0 Å². The van der Waals surface area contributed by atoms with E-state index in [-0.39, 0.29) is 0 Å². The highest BCUT2D eigenvalue weighted by atomic mass is 15.1. The van der Waals surface area contributed by atoms with Crippen molar-refractivity contribution in [2.75, 3.05) is 5.32 Å². The van der Waals surface area contributed by atoms with Crippen molar-refractivity contribution in [3.63, 3.8) is 0 Å². The molecule has 4 rings (SSSR count). The summed E-state index contributed by atoms with van der Waals surface area (Å²) < 4.78 is 0. The average Bonchev–Trinajstić information content (AvgIpc) is 2.56.